The quantitative estimate of drug-likeness (QED) is 0.478. The summed E-state index contributed by atoms with van der Waals surface area (Å²) in [6.45, 7) is 5.10. The minimum absolute atomic E-state index is 0.657. The van der Waals surface area contributed by atoms with Crippen LogP contribution in [0.1, 0.15) is 27.2 Å². The Morgan fingerprint density at radius 3 is 2.20 bits per heavy atom. The minimum Gasteiger partial charge on any atom is -0.240 e. The lowest BCUT2D eigenvalue weighted by atomic mass is 10.1. The molecule has 10 heavy (non-hydrogen) atoms. The first-order valence-corrected chi connectivity index (χ1v) is 4.13. The molecule has 0 amide bonds. The molecule has 0 rings (SSSR count). The second kappa shape index (κ2) is 4.02. The lowest BCUT2D eigenvalue weighted by Crippen LogP contribution is -2.08. The van der Waals surface area contributed by atoms with E-state index in [2.05, 4.69) is 12.6 Å². The molecule has 0 atom stereocenters. The van der Waals surface area contributed by atoms with Gasteiger partial charge in [0.25, 0.3) is 0 Å². The molecule has 0 unspecified atom stereocenters. The lowest BCUT2D eigenvalue weighted by molar-refractivity contribution is 0.285. The fourth-order valence-corrected chi connectivity index (χ4v) is 1.06. The standard InChI is InChI=1S/C8H15FS/c1-4-7(6-10)5-8(2,3)9/h5,10H,4,6H2,1-3H3/b7-5+. The van der Waals surface area contributed by atoms with E-state index in [4.69, 9.17) is 0 Å². The van der Waals surface area contributed by atoms with E-state index >= 15 is 0 Å². The van der Waals surface area contributed by atoms with Crippen molar-refractivity contribution in [1.29, 1.82) is 0 Å². The molecule has 0 saturated carbocycles. The van der Waals surface area contributed by atoms with Crippen LogP contribution < -0.4 is 0 Å². The van der Waals surface area contributed by atoms with E-state index in [1.54, 1.807) is 19.9 Å². The Labute approximate surface area is 67.9 Å². The highest BCUT2D eigenvalue weighted by molar-refractivity contribution is 7.80. The first-order chi connectivity index (χ1) is 4.49. The molecule has 0 saturated heterocycles. The predicted molar refractivity (Wildman–Crippen MR) is 47.4 cm³/mol. The van der Waals surface area contributed by atoms with Crippen LogP contribution in [0.5, 0.6) is 0 Å². The van der Waals surface area contributed by atoms with E-state index in [-0.39, 0.29) is 0 Å². The van der Waals surface area contributed by atoms with Crippen LogP contribution in [0, 0.1) is 0 Å². The molecule has 2 heteroatoms. The van der Waals surface area contributed by atoms with Crippen LogP contribution in [0.4, 0.5) is 4.39 Å². The van der Waals surface area contributed by atoms with E-state index in [1.165, 1.54) is 0 Å². The van der Waals surface area contributed by atoms with Crippen LogP contribution in [-0.2, 0) is 0 Å². The smallest absolute Gasteiger partial charge is 0.123 e. The van der Waals surface area contributed by atoms with Crippen molar-refractivity contribution in [2.75, 3.05) is 5.75 Å². The molecule has 0 aliphatic heterocycles. The molecule has 0 aromatic rings. The van der Waals surface area contributed by atoms with Crippen LogP contribution in [-0.4, -0.2) is 11.4 Å². The van der Waals surface area contributed by atoms with Gasteiger partial charge in [-0.15, -0.1) is 0 Å². The normalized spacial score (nSPS) is 13.9. The number of hydrogen-bond acceptors (Lipinski definition) is 1. The van der Waals surface area contributed by atoms with Crippen LogP contribution >= 0.6 is 12.6 Å². The summed E-state index contributed by atoms with van der Waals surface area (Å²) in [6.07, 6.45) is 2.52. The molecule has 60 valence electrons. The molecule has 0 spiro atoms. The van der Waals surface area contributed by atoms with Crippen LogP contribution in [0.3, 0.4) is 0 Å². The average molecular weight is 162 g/mol. The molecule has 0 aromatic heterocycles. The van der Waals surface area contributed by atoms with Gasteiger partial charge in [0.15, 0.2) is 0 Å². The largest absolute Gasteiger partial charge is 0.240 e. The molecular weight excluding hydrogens is 147 g/mol. The summed E-state index contributed by atoms with van der Waals surface area (Å²) in [5.41, 5.74) is -0.121. The zero-order valence-electron chi connectivity index (χ0n) is 6.82. The summed E-state index contributed by atoms with van der Waals surface area (Å²) in [7, 11) is 0. The number of thiol groups is 1. The summed E-state index contributed by atoms with van der Waals surface area (Å²) in [5.74, 6) is 0.657. The maximum atomic E-state index is 12.9. The number of allylic oxidation sites excluding steroid dienone is 1. The van der Waals surface area contributed by atoms with Gasteiger partial charge in [-0.05, 0) is 26.3 Å². The Bertz CT molecular complexity index is 116. The SMILES string of the molecule is CC/C(=C\C(C)(C)F)CS. The van der Waals surface area contributed by atoms with Crippen molar-refractivity contribution in [3.8, 4) is 0 Å². The zero-order valence-corrected chi connectivity index (χ0v) is 7.71. The molecule has 0 radical (unpaired) electrons. The van der Waals surface area contributed by atoms with Gasteiger partial charge in [0, 0.05) is 5.75 Å². The van der Waals surface area contributed by atoms with Gasteiger partial charge in [-0.25, -0.2) is 4.39 Å². The fourth-order valence-electron chi connectivity index (χ4n) is 0.745. The third-order valence-electron chi connectivity index (χ3n) is 1.20. The molecule has 0 aliphatic carbocycles. The summed E-state index contributed by atoms with van der Waals surface area (Å²) in [5, 5.41) is 0. The highest BCUT2D eigenvalue weighted by atomic mass is 32.1. The van der Waals surface area contributed by atoms with Crippen molar-refractivity contribution in [2.45, 2.75) is 32.9 Å². The summed E-state index contributed by atoms with van der Waals surface area (Å²) >= 11 is 4.07. The highest BCUT2D eigenvalue weighted by Gasteiger charge is 2.11. The van der Waals surface area contributed by atoms with Crippen molar-refractivity contribution in [1.82, 2.24) is 0 Å². The third-order valence-corrected chi connectivity index (χ3v) is 1.61. The Balaban J connectivity index is 4.11. The van der Waals surface area contributed by atoms with E-state index in [9.17, 15) is 4.39 Å². The molecule has 0 bridgehead atoms. The predicted octanol–water partition coefficient (Wildman–Crippen LogP) is 3.00. The van der Waals surface area contributed by atoms with Crippen LogP contribution in [0.2, 0.25) is 0 Å². The lowest BCUT2D eigenvalue weighted by Gasteiger charge is -2.10. The molecule has 0 fully saturated rings. The van der Waals surface area contributed by atoms with Crippen molar-refractivity contribution < 1.29 is 4.39 Å². The van der Waals surface area contributed by atoms with Gasteiger partial charge in [0.05, 0.1) is 0 Å². The number of rotatable bonds is 3. The van der Waals surface area contributed by atoms with Gasteiger partial charge in [-0.2, -0.15) is 12.6 Å². The zero-order chi connectivity index (χ0) is 8.20. The van der Waals surface area contributed by atoms with E-state index in [1.807, 2.05) is 6.92 Å². The Hall–Kier alpha value is 0.0200. The van der Waals surface area contributed by atoms with Gasteiger partial charge in [-0.1, -0.05) is 12.5 Å². The van der Waals surface area contributed by atoms with Crippen molar-refractivity contribution in [3.05, 3.63) is 11.6 Å². The number of halogens is 1. The van der Waals surface area contributed by atoms with Gasteiger partial charge in [0.1, 0.15) is 5.67 Å². The average Bonchev–Trinajstić information content (AvgIpc) is 1.81. The maximum Gasteiger partial charge on any atom is 0.123 e. The maximum absolute atomic E-state index is 12.9. The van der Waals surface area contributed by atoms with Crippen LogP contribution in [0.25, 0.3) is 0 Å². The molecular formula is C8H15FS. The molecule has 0 aliphatic rings. The number of hydrogen-bond donors (Lipinski definition) is 1. The van der Waals surface area contributed by atoms with Crippen LogP contribution in [0.15, 0.2) is 11.6 Å². The Morgan fingerprint density at radius 2 is 2.10 bits per heavy atom. The summed E-state index contributed by atoms with van der Waals surface area (Å²) in [4.78, 5) is 0. The highest BCUT2D eigenvalue weighted by Crippen LogP contribution is 2.15. The van der Waals surface area contributed by atoms with E-state index in [0.29, 0.717) is 5.75 Å². The molecule has 0 nitrogen and oxygen atoms in total. The van der Waals surface area contributed by atoms with Crippen molar-refractivity contribution in [2.24, 2.45) is 0 Å². The van der Waals surface area contributed by atoms with Crippen molar-refractivity contribution in [3.63, 3.8) is 0 Å². The first-order valence-electron chi connectivity index (χ1n) is 3.50. The van der Waals surface area contributed by atoms with Gasteiger partial charge >= 0.3 is 0 Å². The first kappa shape index (κ1) is 10.0. The third kappa shape index (κ3) is 4.86. The Morgan fingerprint density at radius 1 is 1.60 bits per heavy atom. The van der Waals surface area contributed by atoms with Gasteiger partial charge < -0.3 is 0 Å². The minimum atomic E-state index is -1.19. The molecule has 0 N–H and O–H groups in total. The summed E-state index contributed by atoms with van der Waals surface area (Å²) in [6, 6.07) is 0. The summed E-state index contributed by atoms with van der Waals surface area (Å²) < 4.78 is 12.9. The molecule has 0 aromatic carbocycles. The molecule has 0 heterocycles. The van der Waals surface area contributed by atoms with E-state index < -0.39 is 5.67 Å². The topological polar surface area (TPSA) is 0 Å². The van der Waals surface area contributed by atoms with Gasteiger partial charge in [0.2, 0.25) is 0 Å². The van der Waals surface area contributed by atoms with Gasteiger partial charge in [-0.3, -0.25) is 0 Å². The Kier molecular flexibility index (Phi) is 4.02. The second-order valence-electron chi connectivity index (χ2n) is 2.88. The second-order valence-corrected chi connectivity index (χ2v) is 3.19. The van der Waals surface area contributed by atoms with E-state index in [0.717, 1.165) is 12.0 Å². The number of alkyl halides is 1. The van der Waals surface area contributed by atoms with Crippen molar-refractivity contribution >= 4 is 12.6 Å². The monoisotopic (exact) mass is 162 g/mol. The fraction of sp³-hybridized carbons (Fsp3) is 0.750.